The fraction of sp³-hybridized carbons (Fsp3) is 0.105. The molecule has 1 atom stereocenters. The summed E-state index contributed by atoms with van der Waals surface area (Å²) in [5.41, 5.74) is 1.66. The Bertz CT molecular complexity index is 866. The second-order valence-electron chi connectivity index (χ2n) is 5.29. The largest absolute Gasteiger partial charge is 0.449 e. The summed E-state index contributed by atoms with van der Waals surface area (Å²) in [6.45, 7) is 1.45. The summed E-state index contributed by atoms with van der Waals surface area (Å²) in [4.78, 5) is 23.9. The Morgan fingerprint density at radius 2 is 1.77 bits per heavy atom. The van der Waals surface area contributed by atoms with E-state index in [0.717, 1.165) is 5.56 Å². The number of hydrogen-bond donors (Lipinski definition) is 1. The number of nitrogens with one attached hydrogen (secondary N) is 1. The van der Waals surface area contributed by atoms with Gasteiger partial charge < -0.3 is 10.1 Å². The van der Waals surface area contributed by atoms with Gasteiger partial charge in [0.05, 0.1) is 11.6 Å². The SMILES string of the molecule is C[C@@H](OC(=O)/C=C/c1ccc(C#N)cc1)C(=O)Nc1cc(Cl)cc(Cl)c1. The number of hydrogen-bond acceptors (Lipinski definition) is 4. The van der Waals surface area contributed by atoms with E-state index in [-0.39, 0.29) is 0 Å². The highest BCUT2D eigenvalue weighted by atomic mass is 35.5. The van der Waals surface area contributed by atoms with E-state index in [1.54, 1.807) is 24.3 Å². The van der Waals surface area contributed by atoms with Crippen molar-refractivity contribution in [1.29, 1.82) is 5.26 Å². The number of carbonyl (C=O) groups is 2. The Morgan fingerprint density at radius 1 is 1.15 bits per heavy atom. The summed E-state index contributed by atoms with van der Waals surface area (Å²) >= 11 is 11.7. The topological polar surface area (TPSA) is 79.2 Å². The molecule has 1 N–H and O–H groups in total. The molecule has 2 aromatic rings. The van der Waals surface area contributed by atoms with Crippen molar-refractivity contribution >= 4 is 46.8 Å². The molecule has 0 fully saturated rings. The van der Waals surface area contributed by atoms with Crippen molar-refractivity contribution in [2.24, 2.45) is 0 Å². The minimum atomic E-state index is -1.01. The molecule has 0 saturated carbocycles. The average Bonchev–Trinajstić information content (AvgIpc) is 2.59. The van der Waals surface area contributed by atoms with Gasteiger partial charge in [-0.25, -0.2) is 4.79 Å². The highest BCUT2D eigenvalue weighted by Crippen LogP contribution is 2.22. The van der Waals surface area contributed by atoms with Crippen molar-refractivity contribution in [3.63, 3.8) is 0 Å². The average molecular weight is 389 g/mol. The zero-order valence-electron chi connectivity index (χ0n) is 13.7. The summed E-state index contributed by atoms with van der Waals surface area (Å²) in [5.74, 6) is -1.18. The number of halogens is 2. The molecule has 0 heterocycles. The van der Waals surface area contributed by atoms with Crippen LogP contribution in [0.5, 0.6) is 0 Å². The number of benzene rings is 2. The molecule has 0 radical (unpaired) electrons. The molecule has 132 valence electrons. The van der Waals surface area contributed by atoms with Gasteiger partial charge in [0.2, 0.25) is 0 Å². The summed E-state index contributed by atoms with van der Waals surface area (Å²) in [6.07, 6.45) is 1.73. The van der Waals surface area contributed by atoms with Gasteiger partial charge in [0, 0.05) is 21.8 Å². The van der Waals surface area contributed by atoms with E-state index in [1.807, 2.05) is 6.07 Å². The van der Waals surface area contributed by atoms with Crippen LogP contribution in [0.1, 0.15) is 18.1 Å². The molecule has 0 aliphatic carbocycles. The van der Waals surface area contributed by atoms with E-state index < -0.39 is 18.0 Å². The minimum absolute atomic E-state index is 0.378. The molecule has 7 heteroatoms. The summed E-state index contributed by atoms with van der Waals surface area (Å²) < 4.78 is 5.06. The van der Waals surface area contributed by atoms with Gasteiger partial charge in [-0.1, -0.05) is 35.3 Å². The third-order valence-corrected chi connectivity index (χ3v) is 3.68. The normalized spacial score (nSPS) is 11.6. The molecule has 2 aromatic carbocycles. The Balaban J connectivity index is 1.91. The van der Waals surface area contributed by atoms with Gasteiger partial charge in [0.15, 0.2) is 6.10 Å². The van der Waals surface area contributed by atoms with E-state index in [4.69, 9.17) is 33.2 Å². The zero-order valence-corrected chi connectivity index (χ0v) is 15.2. The van der Waals surface area contributed by atoms with Crippen molar-refractivity contribution in [2.75, 3.05) is 5.32 Å². The lowest BCUT2D eigenvalue weighted by Gasteiger charge is -2.12. The first-order valence-electron chi connectivity index (χ1n) is 7.53. The van der Waals surface area contributed by atoms with E-state index >= 15 is 0 Å². The quantitative estimate of drug-likeness (QED) is 0.605. The van der Waals surface area contributed by atoms with E-state index in [0.29, 0.717) is 21.3 Å². The maximum Gasteiger partial charge on any atom is 0.331 e. The monoisotopic (exact) mass is 388 g/mol. The van der Waals surface area contributed by atoms with Crippen LogP contribution in [0.25, 0.3) is 6.08 Å². The Hall–Kier alpha value is -2.81. The molecule has 5 nitrogen and oxygen atoms in total. The second kappa shape index (κ2) is 9.04. The Labute approximate surface area is 160 Å². The third kappa shape index (κ3) is 5.92. The van der Waals surface area contributed by atoms with Crippen LogP contribution in [0.4, 0.5) is 5.69 Å². The predicted molar refractivity (Wildman–Crippen MR) is 101 cm³/mol. The lowest BCUT2D eigenvalue weighted by molar-refractivity contribution is -0.148. The fourth-order valence-electron chi connectivity index (χ4n) is 1.97. The van der Waals surface area contributed by atoms with Gasteiger partial charge >= 0.3 is 5.97 Å². The van der Waals surface area contributed by atoms with Gasteiger partial charge in [0.1, 0.15) is 0 Å². The number of nitrogens with zero attached hydrogens (tertiary/aromatic N) is 1. The lowest BCUT2D eigenvalue weighted by Crippen LogP contribution is -2.29. The van der Waals surface area contributed by atoms with Crippen molar-refractivity contribution < 1.29 is 14.3 Å². The zero-order chi connectivity index (χ0) is 19.1. The van der Waals surface area contributed by atoms with E-state index in [9.17, 15) is 9.59 Å². The standard InChI is InChI=1S/C19H14Cl2N2O3/c1-12(19(25)23-17-9-15(20)8-16(21)10-17)26-18(24)7-6-13-2-4-14(11-22)5-3-13/h2-10,12H,1H3,(H,23,25)/b7-6+/t12-/m1/s1. The van der Waals surface area contributed by atoms with Crippen LogP contribution in [0.3, 0.4) is 0 Å². The number of nitriles is 1. The highest BCUT2D eigenvalue weighted by molar-refractivity contribution is 6.35. The van der Waals surface area contributed by atoms with Crippen molar-refractivity contribution in [3.05, 3.63) is 69.7 Å². The maximum atomic E-state index is 12.1. The Morgan fingerprint density at radius 3 is 2.35 bits per heavy atom. The molecule has 0 spiro atoms. The third-order valence-electron chi connectivity index (χ3n) is 3.24. The number of amides is 1. The summed E-state index contributed by atoms with van der Waals surface area (Å²) in [7, 11) is 0. The van der Waals surface area contributed by atoms with Crippen molar-refractivity contribution in [1.82, 2.24) is 0 Å². The summed E-state index contributed by atoms with van der Waals surface area (Å²) in [5, 5.41) is 12.1. The fourth-order valence-corrected chi connectivity index (χ4v) is 2.50. The number of anilines is 1. The van der Waals surface area contributed by atoms with Gasteiger partial charge in [-0.05, 0) is 48.9 Å². The van der Waals surface area contributed by atoms with Gasteiger partial charge in [-0.2, -0.15) is 5.26 Å². The first-order valence-corrected chi connectivity index (χ1v) is 8.29. The molecular formula is C19H14Cl2N2O3. The second-order valence-corrected chi connectivity index (χ2v) is 6.17. The van der Waals surface area contributed by atoms with Crippen LogP contribution < -0.4 is 5.32 Å². The van der Waals surface area contributed by atoms with E-state index in [1.165, 1.54) is 37.3 Å². The molecule has 0 aliphatic rings. The van der Waals surface area contributed by atoms with Crippen LogP contribution in [0.15, 0.2) is 48.5 Å². The molecular weight excluding hydrogens is 375 g/mol. The molecule has 2 rings (SSSR count). The number of esters is 1. The van der Waals surface area contributed by atoms with Crippen LogP contribution in [-0.2, 0) is 14.3 Å². The smallest absolute Gasteiger partial charge is 0.331 e. The van der Waals surface area contributed by atoms with Crippen LogP contribution in [0.2, 0.25) is 10.0 Å². The van der Waals surface area contributed by atoms with Crippen LogP contribution in [0, 0.1) is 11.3 Å². The molecule has 0 aromatic heterocycles. The predicted octanol–water partition coefficient (Wildman–Crippen LogP) is 4.45. The number of rotatable bonds is 5. The van der Waals surface area contributed by atoms with Crippen LogP contribution in [-0.4, -0.2) is 18.0 Å². The van der Waals surface area contributed by atoms with E-state index in [2.05, 4.69) is 5.32 Å². The molecule has 0 bridgehead atoms. The molecule has 0 unspecified atom stereocenters. The minimum Gasteiger partial charge on any atom is -0.449 e. The van der Waals surface area contributed by atoms with Gasteiger partial charge in [0.25, 0.3) is 5.91 Å². The van der Waals surface area contributed by atoms with Crippen molar-refractivity contribution in [2.45, 2.75) is 13.0 Å². The lowest BCUT2D eigenvalue weighted by atomic mass is 10.1. The first-order chi connectivity index (χ1) is 12.4. The molecule has 0 aliphatic heterocycles. The molecule has 1 amide bonds. The Kier molecular flexibility index (Phi) is 6.79. The molecule has 0 saturated heterocycles. The number of ether oxygens (including phenoxy) is 1. The molecule has 26 heavy (non-hydrogen) atoms. The highest BCUT2D eigenvalue weighted by Gasteiger charge is 2.17. The van der Waals surface area contributed by atoms with Gasteiger partial charge in [-0.3, -0.25) is 4.79 Å². The maximum absolute atomic E-state index is 12.1. The first kappa shape index (κ1) is 19.5. The summed E-state index contributed by atoms with van der Waals surface area (Å²) in [6, 6.07) is 13.3. The van der Waals surface area contributed by atoms with Crippen molar-refractivity contribution in [3.8, 4) is 6.07 Å². The van der Waals surface area contributed by atoms with Gasteiger partial charge in [-0.15, -0.1) is 0 Å². The number of carbonyl (C=O) groups excluding carboxylic acids is 2. The van der Waals surface area contributed by atoms with Crippen LogP contribution >= 0.6 is 23.2 Å².